The number of urea groups is 1. The van der Waals surface area contributed by atoms with Crippen LogP contribution in [0.5, 0.6) is 5.75 Å². The van der Waals surface area contributed by atoms with Crippen molar-refractivity contribution in [2.24, 2.45) is 0 Å². The number of allylic oxidation sites excluding steroid dienone is 2. The third-order valence-electron chi connectivity index (χ3n) is 7.06. The molecule has 1 aliphatic carbocycles. The second kappa shape index (κ2) is 14.7. The van der Waals surface area contributed by atoms with Crippen molar-refractivity contribution < 1.29 is 46.9 Å². The van der Waals surface area contributed by atoms with Crippen LogP contribution in [0.15, 0.2) is 72.8 Å². The van der Waals surface area contributed by atoms with Crippen LogP contribution in [-0.4, -0.2) is 47.2 Å². The summed E-state index contributed by atoms with van der Waals surface area (Å²) in [4.78, 5) is 37.9. The largest absolute Gasteiger partial charge is 0.573 e. The van der Waals surface area contributed by atoms with Crippen LogP contribution in [0.3, 0.4) is 0 Å². The van der Waals surface area contributed by atoms with E-state index in [2.05, 4.69) is 21.4 Å². The van der Waals surface area contributed by atoms with Crippen LogP contribution in [0.1, 0.15) is 52.7 Å². The molecule has 45 heavy (non-hydrogen) atoms. The lowest BCUT2D eigenvalue weighted by Crippen LogP contribution is -2.35. The number of anilines is 2. The summed E-state index contributed by atoms with van der Waals surface area (Å²) in [7, 11) is 0. The van der Waals surface area contributed by atoms with Gasteiger partial charge in [0.05, 0.1) is 19.7 Å². The van der Waals surface area contributed by atoms with Crippen LogP contribution < -0.4 is 20.3 Å². The zero-order valence-corrected chi connectivity index (χ0v) is 23.9. The third-order valence-corrected chi connectivity index (χ3v) is 7.06. The summed E-state index contributed by atoms with van der Waals surface area (Å²) in [5.74, 6) is -2.96. The molecule has 1 aliphatic rings. The molecule has 0 saturated heterocycles. The molecule has 0 radical (unpaired) electrons. The number of ether oxygens (including phenoxy) is 1. The van der Waals surface area contributed by atoms with Crippen molar-refractivity contribution in [3.05, 3.63) is 95.1 Å². The van der Waals surface area contributed by atoms with Crippen molar-refractivity contribution in [3.8, 4) is 5.75 Å². The molecule has 1 atom stereocenters. The summed E-state index contributed by atoms with van der Waals surface area (Å²) < 4.78 is 55.5. The molecule has 4 rings (SSSR count). The van der Waals surface area contributed by atoms with Crippen molar-refractivity contribution in [2.75, 3.05) is 16.8 Å². The normalized spacial score (nSPS) is 13.8. The van der Waals surface area contributed by atoms with Crippen molar-refractivity contribution in [3.63, 3.8) is 0 Å². The van der Waals surface area contributed by atoms with Crippen LogP contribution >= 0.6 is 0 Å². The SMILES string of the molecule is O=C(NCC(F)C(=O)O)c1ccc(CN(C(=O)Nc2ccc(OC(F)(F)F)c(CO)c2)c2ccc(C3=CCCCC3)cc2)cc1. The minimum Gasteiger partial charge on any atom is -0.479 e. The molecule has 1 unspecified atom stereocenters. The van der Waals surface area contributed by atoms with Gasteiger partial charge in [0.1, 0.15) is 5.75 Å². The highest BCUT2D eigenvalue weighted by Gasteiger charge is 2.32. The maximum Gasteiger partial charge on any atom is 0.573 e. The highest BCUT2D eigenvalue weighted by molar-refractivity contribution is 6.02. The van der Waals surface area contributed by atoms with Crippen molar-refractivity contribution in [1.82, 2.24) is 5.32 Å². The fourth-order valence-electron chi connectivity index (χ4n) is 4.75. The molecule has 0 spiro atoms. The number of carbonyl (C=O) groups excluding carboxylic acids is 2. The summed E-state index contributed by atoms with van der Waals surface area (Å²) in [6.07, 6.45) is -0.842. The molecule has 3 aromatic carbocycles. The first kappa shape index (κ1) is 33.0. The second-order valence-electron chi connectivity index (χ2n) is 10.3. The quantitative estimate of drug-likeness (QED) is 0.181. The standard InChI is InChI=1S/C32H31F4N3O6/c33-27(30(42)43)17-37-29(41)23-8-6-20(7-9-23)18-39(26-13-10-22(11-14-26)21-4-2-1-3-5-21)31(44)38-25-12-15-28(24(16-25)19-40)45-32(34,35)36/h4,6-16,27,40H,1-3,5,17-19H2,(H,37,41)(H,38,44)(H,42,43). The van der Waals surface area contributed by atoms with E-state index in [0.717, 1.165) is 37.3 Å². The lowest BCUT2D eigenvalue weighted by Gasteiger charge is -2.24. The number of alkyl halides is 4. The average Bonchev–Trinajstić information content (AvgIpc) is 3.03. The van der Waals surface area contributed by atoms with Gasteiger partial charge in [0.25, 0.3) is 5.91 Å². The van der Waals surface area contributed by atoms with Gasteiger partial charge in [-0.25, -0.2) is 14.0 Å². The summed E-state index contributed by atoms with van der Waals surface area (Å²) in [5.41, 5.74) is 3.44. The number of benzene rings is 3. The number of aliphatic carboxylic acids is 1. The first-order chi connectivity index (χ1) is 21.4. The predicted molar refractivity (Wildman–Crippen MR) is 158 cm³/mol. The van der Waals surface area contributed by atoms with E-state index in [1.54, 1.807) is 24.3 Å². The van der Waals surface area contributed by atoms with Crippen LogP contribution in [0.4, 0.5) is 33.7 Å². The predicted octanol–water partition coefficient (Wildman–Crippen LogP) is 6.43. The minimum absolute atomic E-state index is 0.0173. The molecule has 9 nitrogen and oxygen atoms in total. The van der Waals surface area contributed by atoms with E-state index in [0.29, 0.717) is 11.3 Å². The molecule has 0 fully saturated rings. The second-order valence-corrected chi connectivity index (χ2v) is 10.3. The minimum atomic E-state index is -4.96. The van der Waals surface area contributed by atoms with Crippen molar-refractivity contribution in [1.29, 1.82) is 0 Å². The molecule has 0 bridgehead atoms. The molecular formula is C32H31F4N3O6. The smallest absolute Gasteiger partial charge is 0.479 e. The number of aliphatic hydroxyl groups is 1. The number of rotatable bonds is 11. The molecule has 3 amide bonds. The molecule has 3 aromatic rings. The first-order valence-corrected chi connectivity index (χ1v) is 14.0. The molecule has 13 heteroatoms. The van der Waals surface area contributed by atoms with Crippen LogP contribution in [-0.2, 0) is 17.9 Å². The average molecular weight is 630 g/mol. The maximum atomic E-state index is 13.6. The Bertz CT molecular complexity index is 1540. The van der Waals surface area contributed by atoms with E-state index in [1.165, 1.54) is 34.7 Å². The van der Waals surface area contributed by atoms with Crippen LogP contribution in [0, 0.1) is 0 Å². The van der Waals surface area contributed by atoms with Gasteiger partial charge in [0.15, 0.2) is 0 Å². The lowest BCUT2D eigenvalue weighted by atomic mass is 9.93. The Balaban J connectivity index is 1.56. The van der Waals surface area contributed by atoms with Gasteiger partial charge in [-0.2, -0.15) is 0 Å². The highest BCUT2D eigenvalue weighted by atomic mass is 19.4. The topological polar surface area (TPSA) is 128 Å². The monoisotopic (exact) mass is 629 g/mol. The molecule has 0 heterocycles. The van der Waals surface area contributed by atoms with Gasteiger partial charge in [0, 0.05) is 22.5 Å². The van der Waals surface area contributed by atoms with E-state index in [-0.39, 0.29) is 23.4 Å². The molecule has 0 aromatic heterocycles. The van der Waals surface area contributed by atoms with Crippen molar-refractivity contribution in [2.45, 2.75) is 51.4 Å². The summed E-state index contributed by atoms with van der Waals surface area (Å²) in [6.45, 7) is -1.44. The number of halogens is 4. The Labute approximate surface area is 256 Å². The summed E-state index contributed by atoms with van der Waals surface area (Å²) in [5, 5.41) is 23.1. The Kier molecular flexibility index (Phi) is 10.8. The molecular weight excluding hydrogens is 598 g/mol. The van der Waals surface area contributed by atoms with Gasteiger partial charge in [-0.3, -0.25) is 9.69 Å². The Morgan fingerprint density at radius 1 is 0.978 bits per heavy atom. The number of nitrogens with one attached hydrogen (secondary N) is 2. The van der Waals surface area contributed by atoms with Gasteiger partial charge in [0.2, 0.25) is 6.17 Å². The molecule has 0 saturated carbocycles. The number of carbonyl (C=O) groups is 3. The fraction of sp³-hybridized carbons (Fsp3) is 0.281. The van der Waals surface area contributed by atoms with Crippen molar-refractivity contribution >= 4 is 34.9 Å². The molecule has 0 aliphatic heterocycles. The van der Waals surface area contributed by atoms with Crippen LogP contribution in [0.2, 0.25) is 0 Å². The number of nitrogens with zero attached hydrogens (tertiary/aromatic N) is 1. The number of hydrogen-bond donors (Lipinski definition) is 4. The highest BCUT2D eigenvalue weighted by Crippen LogP contribution is 2.31. The zero-order valence-electron chi connectivity index (χ0n) is 23.9. The molecule has 4 N–H and O–H groups in total. The Morgan fingerprint density at radius 2 is 1.69 bits per heavy atom. The van der Waals surface area contributed by atoms with Gasteiger partial charge in [-0.05, 0) is 84.8 Å². The number of hydrogen-bond acceptors (Lipinski definition) is 5. The number of carboxylic acids is 1. The van der Waals surface area contributed by atoms with Crippen LogP contribution in [0.25, 0.3) is 5.57 Å². The van der Waals surface area contributed by atoms with E-state index < -0.39 is 49.3 Å². The van der Waals surface area contributed by atoms with E-state index in [9.17, 15) is 37.1 Å². The van der Waals surface area contributed by atoms with Gasteiger partial charge >= 0.3 is 18.4 Å². The van der Waals surface area contributed by atoms with E-state index in [1.807, 2.05) is 12.1 Å². The summed E-state index contributed by atoms with van der Waals surface area (Å²) >= 11 is 0. The number of carboxylic acid groups (broad SMARTS) is 1. The fourth-order valence-corrected chi connectivity index (χ4v) is 4.75. The van der Waals surface area contributed by atoms with Gasteiger partial charge < -0.3 is 25.6 Å². The van der Waals surface area contributed by atoms with E-state index >= 15 is 0 Å². The Hall–Kier alpha value is -4.91. The van der Waals surface area contributed by atoms with Gasteiger partial charge in [-0.15, -0.1) is 13.2 Å². The number of amides is 3. The maximum absolute atomic E-state index is 13.6. The van der Waals surface area contributed by atoms with E-state index in [4.69, 9.17) is 5.11 Å². The zero-order chi connectivity index (χ0) is 32.6. The molecule has 238 valence electrons. The summed E-state index contributed by atoms with van der Waals surface area (Å²) in [6, 6.07) is 16.2. The first-order valence-electron chi connectivity index (χ1n) is 14.0. The van der Waals surface area contributed by atoms with Gasteiger partial charge in [-0.1, -0.05) is 30.3 Å². The Morgan fingerprint density at radius 3 is 2.29 bits per heavy atom. The number of aliphatic hydroxyl groups excluding tert-OH is 1. The lowest BCUT2D eigenvalue weighted by molar-refractivity contribution is -0.275. The third kappa shape index (κ3) is 9.29.